The third-order valence-corrected chi connectivity index (χ3v) is 5.77. The van der Waals surface area contributed by atoms with Crippen molar-refractivity contribution in [3.8, 4) is 0 Å². The molecule has 2 saturated heterocycles. The highest BCUT2D eigenvalue weighted by molar-refractivity contribution is 5.79. The van der Waals surface area contributed by atoms with Gasteiger partial charge in [-0.15, -0.1) is 0 Å². The molecule has 2 bridgehead atoms. The van der Waals surface area contributed by atoms with E-state index in [0.29, 0.717) is 30.7 Å². The Morgan fingerprint density at radius 2 is 1.96 bits per heavy atom. The molecule has 2 aliphatic rings. The fourth-order valence-corrected chi connectivity index (χ4v) is 4.62. The molecule has 7 heteroatoms. The fraction of sp³-hybridized carbons (Fsp3) is 0.619. The van der Waals surface area contributed by atoms with E-state index in [1.165, 1.54) is 6.07 Å². The van der Waals surface area contributed by atoms with E-state index in [9.17, 15) is 9.18 Å². The molecule has 152 valence electrons. The van der Waals surface area contributed by atoms with Crippen LogP contribution in [0.4, 0.5) is 4.39 Å². The molecule has 1 aromatic heterocycles. The maximum Gasteiger partial charge on any atom is 0.234 e. The number of aryl methyl sites for hydroxylation is 1. The van der Waals surface area contributed by atoms with Gasteiger partial charge in [-0.25, -0.2) is 9.37 Å². The molecule has 0 radical (unpaired) electrons. The van der Waals surface area contributed by atoms with E-state index in [1.54, 1.807) is 6.07 Å². The molecule has 2 fully saturated rings. The van der Waals surface area contributed by atoms with Gasteiger partial charge in [0.25, 0.3) is 0 Å². The van der Waals surface area contributed by atoms with Gasteiger partial charge in [0.1, 0.15) is 17.2 Å². The van der Waals surface area contributed by atoms with Gasteiger partial charge < -0.3 is 10.3 Å². The third kappa shape index (κ3) is 3.91. The largest absolute Gasteiger partial charge is 0.350 e. The number of hydrogen-bond donors (Lipinski definition) is 2. The Morgan fingerprint density at radius 3 is 2.57 bits per heavy atom. The normalized spacial score (nSPS) is 23.5. The molecular weight excluding hydrogens is 357 g/mol. The molecule has 2 atom stereocenters. The quantitative estimate of drug-likeness (QED) is 0.846. The smallest absolute Gasteiger partial charge is 0.234 e. The number of aromatic amines is 1. The first-order valence-electron chi connectivity index (χ1n) is 10.1. The summed E-state index contributed by atoms with van der Waals surface area (Å²) >= 11 is 0. The number of rotatable bonds is 4. The number of imidazole rings is 1. The highest BCUT2D eigenvalue weighted by atomic mass is 19.1. The van der Waals surface area contributed by atoms with Crippen molar-refractivity contribution in [3.05, 3.63) is 29.3 Å². The Balaban J connectivity index is 1.41. The zero-order chi connectivity index (χ0) is 20.1. The minimum absolute atomic E-state index is 0.0982. The Bertz CT molecular complexity index is 834. The van der Waals surface area contributed by atoms with Crippen LogP contribution in [0.15, 0.2) is 12.1 Å². The number of benzene rings is 1. The first-order chi connectivity index (χ1) is 13.2. The van der Waals surface area contributed by atoms with Gasteiger partial charge in [0, 0.05) is 30.7 Å². The van der Waals surface area contributed by atoms with Gasteiger partial charge in [-0.1, -0.05) is 6.07 Å². The van der Waals surface area contributed by atoms with Gasteiger partial charge in [0.15, 0.2) is 0 Å². The fourth-order valence-electron chi connectivity index (χ4n) is 4.62. The summed E-state index contributed by atoms with van der Waals surface area (Å²) in [7, 11) is 0. The number of aromatic nitrogens is 2. The maximum absolute atomic E-state index is 14.1. The summed E-state index contributed by atoms with van der Waals surface area (Å²) in [6, 6.07) is 4.05. The lowest BCUT2D eigenvalue weighted by Gasteiger charge is -2.40. The molecule has 0 aliphatic carbocycles. The van der Waals surface area contributed by atoms with Crippen LogP contribution in [-0.2, 0) is 11.3 Å². The molecule has 2 N–H and O–H groups in total. The van der Waals surface area contributed by atoms with Crippen LogP contribution in [-0.4, -0.2) is 62.9 Å². The highest BCUT2D eigenvalue weighted by Crippen LogP contribution is 2.30. The number of amides is 1. The average molecular weight is 388 g/mol. The zero-order valence-corrected chi connectivity index (χ0v) is 17.2. The number of hydrogen-bond acceptors (Lipinski definition) is 4. The first-order valence-corrected chi connectivity index (χ1v) is 10.1. The molecule has 2 aromatic rings. The van der Waals surface area contributed by atoms with E-state index >= 15 is 0 Å². The van der Waals surface area contributed by atoms with Crippen LogP contribution in [0.2, 0.25) is 0 Å². The molecule has 4 rings (SSSR count). The Hall–Kier alpha value is -1.99. The second-order valence-corrected chi connectivity index (χ2v) is 9.32. The van der Waals surface area contributed by atoms with Crippen LogP contribution in [0.3, 0.4) is 0 Å². The Kier molecular flexibility index (Phi) is 4.91. The number of fused-ring (bicyclic) bond motifs is 3. The lowest BCUT2D eigenvalue weighted by atomic mass is 10.1. The Labute approximate surface area is 165 Å². The zero-order valence-electron chi connectivity index (χ0n) is 17.2. The summed E-state index contributed by atoms with van der Waals surface area (Å²) < 4.78 is 14.1. The second kappa shape index (κ2) is 7.12. The molecule has 28 heavy (non-hydrogen) atoms. The van der Waals surface area contributed by atoms with Crippen molar-refractivity contribution in [2.75, 3.05) is 19.6 Å². The maximum atomic E-state index is 14.1. The Morgan fingerprint density at radius 1 is 1.29 bits per heavy atom. The van der Waals surface area contributed by atoms with Crippen LogP contribution in [0, 0.1) is 12.7 Å². The minimum Gasteiger partial charge on any atom is -0.350 e. The molecule has 2 aliphatic heterocycles. The van der Waals surface area contributed by atoms with Crippen molar-refractivity contribution in [1.29, 1.82) is 0 Å². The summed E-state index contributed by atoms with van der Waals surface area (Å²) in [6.45, 7) is 11.0. The number of H-pyrrole nitrogens is 1. The van der Waals surface area contributed by atoms with Crippen molar-refractivity contribution < 1.29 is 9.18 Å². The van der Waals surface area contributed by atoms with Crippen LogP contribution in [0.25, 0.3) is 11.0 Å². The summed E-state index contributed by atoms with van der Waals surface area (Å²) in [5, 5.41) is 3.07. The van der Waals surface area contributed by atoms with E-state index in [2.05, 4.69) is 25.1 Å². The van der Waals surface area contributed by atoms with Crippen LogP contribution in [0.1, 0.15) is 45.0 Å². The summed E-state index contributed by atoms with van der Waals surface area (Å²) in [5.74, 6) is 0.650. The number of halogens is 1. The summed E-state index contributed by atoms with van der Waals surface area (Å²) in [4.78, 5) is 24.9. The molecule has 2 unspecified atom stereocenters. The number of likely N-dealkylation sites (tertiary alicyclic amines) is 1. The standard InChI is InChI=1S/C21H30FN5O/c1-13-5-8-16(22)20-19(13)23-17(24-20)11-26-9-14-6-7-15(10-26)27(14)12-18(28)25-21(2,3)4/h5,8,14-15H,6-7,9-12H2,1-4H3,(H,23,24)(H,25,28). The molecule has 0 saturated carbocycles. The second-order valence-electron chi connectivity index (χ2n) is 9.32. The minimum atomic E-state index is -0.255. The van der Waals surface area contributed by atoms with Crippen LogP contribution < -0.4 is 5.32 Å². The van der Waals surface area contributed by atoms with E-state index in [0.717, 1.165) is 42.8 Å². The topological polar surface area (TPSA) is 64.3 Å². The molecular formula is C21H30FN5O. The van der Waals surface area contributed by atoms with Gasteiger partial charge >= 0.3 is 0 Å². The predicted molar refractivity (Wildman–Crippen MR) is 107 cm³/mol. The van der Waals surface area contributed by atoms with Gasteiger partial charge in [-0.05, 0) is 52.2 Å². The molecule has 1 aromatic carbocycles. The lowest BCUT2D eigenvalue weighted by Crippen LogP contribution is -2.56. The van der Waals surface area contributed by atoms with Crippen molar-refractivity contribution in [3.63, 3.8) is 0 Å². The predicted octanol–water partition coefficient (Wildman–Crippen LogP) is 2.57. The van der Waals surface area contributed by atoms with Crippen molar-refractivity contribution in [2.24, 2.45) is 0 Å². The molecule has 0 spiro atoms. The highest BCUT2D eigenvalue weighted by Gasteiger charge is 2.40. The third-order valence-electron chi connectivity index (χ3n) is 5.77. The molecule has 3 heterocycles. The number of nitrogens with zero attached hydrogens (tertiary/aromatic N) is 3. The van der Waals surface area contributed by atoms with Gasteiger partial charge in [0.05, 0.1) is 18.6 Å². The number of piperazine rings is 1. The van der Waals surface area contributed by atoms with E-state index in [1.807, 2.05) is 27.7 Å². The summed E-state index contributed by atoms with van der Waals surface area (Å²) in [5.41, 5.74) is 1.99. The number of nitrogens with one attached hydrogen (secondary N) is 2. The van der Waals surface area contributed by atoms with E-state index < -0.39 is 0 Å². The van der Waals surface area contributed by atoms with Crippen molar-refractivity contribution in [2.45, 2.75) is 64.7 Å². The number of carbonyl (C=O) groups excluding carboxylic acids is 1. The van der Waals surface area contributed by atoms with Gasteiger partial charge in [-0.3, -0.25) is 14.6 Å². The van der Waals surface area contributed by atoms with Crippen LogP contribution >= 0.6 is 0 Å². The van der Waals surface area contributed by atoms with Crippen molar-refractivity contribution >= 4 is 16.9 Å². The lowest BCUT2D eigenvalue weighted by molar-refractivity contribution is -0.125. The number of carbonyl (C=O) groups is 1. The van der Waals surface area contributed by atoms with Gasteiger partial charge in [0.2, 0.25) is 5.91 Å². The summed E-state index contributed by atoms with van der Waals surface area (Å²) in [6.07, 6.45) is 2.25. The van der Waals surface area contributed by atoms with E-state index in [-0.39, 0.29) is 17.3 Å². The monoisotopic (exact) mass is 387 g/mol. The molecule has 6 nitrogen and oxygen atoms in total. The van der Waals surface area contributed by atoms with E-state index in [4.69, 9.17) is 0 Å². The van der Waals surface area contributed by atoms with Crippen molar-refractivity contribution in [1.82, 2.24) is 25.1 Å². The van der Waals surface area contributed by atoms with Crippen LogP contribution in [0.5, 0.6) is 0 Å². The first kappa shape index (κ1) is 19.3. The molecule has 1 amide bonds. The SMILES string of the molecule is Cc1ccc(F)c2[nH]c(CN3CC4CCC(C3)N4CC(=O)NC(C)(C)C)nc12. The van der Waals surface area contributed by atoms with Gasteiger partial charge in [-0.2, -0.15) is 0 Å². The average Bonchev–Trinajstić information content (AvgIpc) is 3.09.